The molecule has 1 saturated heterocycles. The molecule has 2 heterocycles. The monoisotopic (exact) mass is 657 g/mol. The lowest BCUT2D eigenvalue weighted by Crippen LogP contribution is -2.32. The van der Waals surface area contributed by atoms with E-state index >= 15 is 0 Å². The van der Waals surface area contributed by atoms with E-state index in [2.05, 4.69) is 25.5 Å². The van der Waals surface area contributed by atoms with E-state index in [1.54, 1.807) is 42.4 Å². The second-order valence-corrected chi connectivity index (χ2v) is 12.6. The Bertz CT molecular complexity index is 1910. The third-order valence-electron chi connectivity index (χ3n) is 8.05. The summed E-state index contributed by atoms with van der Waals surface area (Å²) in [5.74, 6) is -0.848. The number of rotatable bonds is 11. The molecule has 0 saturated carbocycles. The van der Waals surface area contributed by atoms with Crippen molar-refractivity contribution < 1.29 is 19.5 Å². The molecule has 0 unspecified atom stereocenters. The van der Waals surface area contributed by atoms with Crippen molar-refractivity contribution in [3.05, 3.63) is 132 Å². The van der Waals surface area contributed by atoms with Gasteiger partial charge in [-0.1, -0.05) is 60.7 Å². The maximum Gasteiger partial charge on any atom is 0.307 e. The lowest BCUT2D eigenvalue weighted by atomic mass is 10.0. The number of carbonyl (C=O) groups excluding carboxylic acids is 2. The van der Waals surface area contributed by atoms with Gasteiger partial charge in [0.1, 0.15) is 0 Å². The van der Waals surface area contributed by atoms with Crippen LogP contribution in [0, 0.1) is 0 Å². The fraction of sp³-hybridized carbons (Fsp3) is 0.184. The normalized spacial score (nSPS) is 12.7. The third kappa shape index (κ3) is 8.26. The fourth-order valence-electron chi connectivity index (χ4n) is 5.70. The minimum absolute atomic E-state index is 0.0312. The number of hydrogen-bond acceptors (Lipinski definition) is 7. The van der Waals surface area contributed by atoms with Crippen LogP contribution in [0.1, 0.15) is 51.1 Å². The van der Waals surface area contributed by atoms with Crippen LogP contribution in [0.25, 0.3) is 11.1 Å². The van der Waals surface area contributed by atoms with Gasteiger partial charge in [0.05, 0.1) is 23.4 Å². The van der Waals surface area contributed by atoms with Crippen LogP contribution in [0.3, 0.4) is 0 Å². The Morgan fingerprint density at radius 3 is 2.23 bits per heavy atom. The molecule has 3 N–H and O–H groups in total. The summed E-state index contributed by atoms with van der Waals surface area (Å²) in [5, 5.41) is 15.0. The number of carboxylic acid groups (broad SMARTS) is 1. The first-order valence-corrected chi connectivity index (χ1v) is 16.8. The highest BCUT2D eigenvalue weighted by Gasteiger charge is 2.24. The van der Waals surface area contributed by atoms with E-state index in [1.807, 2.05) is 78.9 Å². The molecule has 0 spiro atoms. The van der Waals surface area contributed by atoms with Gasteiger partial charge in [0, 0.05) is 47.3 Å². The Balaban J connectivity index is 1.21. The van der Waals surface area contributed by atoms with Gasteiger partial charge in [-0.15, -0.1) is 11.8 Å². The Labute approximate surface area is 283 Å². The summed E-state index contributed by atoms with van der Waals surface area (Å²) in [5.41, 5.74) is 5.46. The SMILES string of the molecule is O=C(O)Cc1cccc(SCc2cccc(C(=O)Nc3cccc(N4CCCCC4)c3C(=O)Nc3ncc(-c4ccccc4)cn3)c2)c1. The van der Waals surface area contributed by atoms with Crippen LogP contribution < -0.4 is 15.5 Å². The van der Waals surface area contributed by atoms with E-state index < -0.39 is 11.9 Å². The molecule has 2 amide bonds. The summed E-state index contributed by atoms with van der Waals surface area (Å²) in [4.78, 5) is 50.6. The number of aliphatic carboxylic acids is 1. The lowest BCUT2D eigenvalue weighted by Gasteiger charge is -2.31. The first kappa shape index (κ1) is 32.5. The highest BCUT2D eigenvalue weighted by molar-refractivity contribution is 7.98. The molecule has 0 radical (unpaired) electrons. The van der Waals surface area contributed by atoms with Gasteiger partial charge in [-0.2, -0.15) is 0 Å². The number of amides is 2. The number of carboxylic acids is 1. The van der Waals surface area contributed by atoms with Gasteiger partial charge in [-0.3, -0.25) is 19.7 Å². The van der Waals surface area contributed by atoms with Crippen LogP contribution in [0.5, 0.6) is 0 Å². The highest BCUT2D eigenvalue weighted by atomic mass is 32.2. The van der Waals surface area contributed by atoms with Crippen molar-refractivity contribution >= 4 is 46.9 Å². The Hall–Kier alpha value is -5.48. The maximum atomic E-state index is 13.9. The zero-order valence-electron chi connectivity index (χ0n) is 26.3. The zero-order chi connectivity index (χ0) is 33.3. The van der Waals surface area contributed by atoms with Crippen molar-refractivity contribution in [3.63, 3.8) is 0 Å². The third-order valence-corrected chi connectivity index (χ3v) is 9.11. The van der Waals surface area contributed by atoms with E-state index in [1.165, 1.54) is 0 Å². The molecule has 0 aliphatic carbocycles. The van der Waals surface area contributed by atoms with Crippen molar-refractivity contribution in [1.29, 1.82) is 0 Å². The first-order chi connectivity index (χ1) is 23.4. The summed E-state index contributed by atoms with van der Waals surface area (Å²) in [6.45, 7) is 1.64. The van der Waals surface area contributed by atoms with Gasteiger partial charge < -0.3 is 15.3 Å². The van der Waals surface area contributed by atoms with Gasteiger partial charge in [0.15, 0.2) is 0 Å². The smallest absolute Gasteiger partial charge is 0.307 e. The van der Waals surface area contributed by atoms with E-state index in [4.69, 9.17) is 5.11 Å². The molecular formula is C38H35N5O4S. The van der Waals surface area contributed by atoms with Crippen molar-refractivity contribution in [3.8, 4) is 11.1 Å². The van der Waals surface area contributed by atoms with Gasteiger partial charge in [0.25, 0.3) is 11.8 Å². The van der Waals surface area contributed by atoms with Crippen molar-refractivity contribution in [1.82, 2.24) is 9.97 Å². The first-order valence-electron chi connectivity index (χ1n) is 15.8. The van der Waals surface area contributed by atoms with Crippen molar-refractivity contribution in [2.75, 3.05) is 28.6 Å². The number of piperidine rings is 1. The van der Waals surface area contributed by atoms with Crippen molar-refractivity contribution in [2.24, 2.45) is 0 Å². The minimum atomic E-state index is -0.871. The Kier molecular flexibility index (Phi) is 10.4. The predicted molar refractivity (Wildman–Crippen MR) is 190 cm³/mol. The van der Waals surface area contributed by atoms with Gasteiger partial charge in [-0.25, -0.2) is 9.97 Å². The number of carbonyl (C=O) groups is 3. The molecule has 48 heavy (non-hydrogen) atoms. The molecule has 1 fully saturated rings. The average molecular weight is 658 g/mol. The molecule has 0 bridgehead atoms. The van der Waals surface area contributed by atoms with Gasteiger partial charge in [0.2, 0.25) is 5.95 Å². The lowest BCUT2D eigenvalue weighted by molar-refractivity contribution is -0.136. The second kappa shape index (κ2) is 15.4. The standard InChI is InChI=1S/C38H35N5O4S/c44-34(45)22-26-10-8-15-31(21-26)48-25-27-11-7-14-29(20-27)36(46)41-32-16-9-17-33(43-18-5-2-6-19-43)35(32)37(47)42-38-39-23-30(24-40-38)28-12-3-1-4-13-28/h1,3-4,7-17,20-21,23-24H,2,5-6,18-19,22,25H2,(H,41,46)(H,44,45)(H,39,40,42,47). The van der Waals surface area contributed by atoms with Gasteiger partial charge >= 0.3 is 5.97 Å². The topological polar surface area (TPSA) is 125 Å². The number of nitrogens with zero attached hydrogens (tertiary/aromatic N) is 3. The van der Waals surface area contributed by atoms with E-state index in [0.29, 0.717) is 22.6 Å². The second-order valence-electron chi connectivity index (χ2n) is 11.5. The summed E-state index contributed by atoms with van der Waals surface area (Å²) in [6, 6.07) is 30.1. The number of nitrogens with one attached hydrogen (secondary N) is 2. The quantitative estimate of drug-likeness (QED) is 0.124. The molecule has 9 nitrogen and oxygen atoms in total. The molecular weight excluding hydrogens is 623 g/mol. The highest BCUT2D eigenvalue weighted by Crippen LogP contribution is 2.32. The zero-order valence-corrected chi connectivity index (χ0v) is 27.1. The van der Waals surface area contributed by atoms with Crippen molar-refractivity contribution in [2.45, 2.75) is 36.3 Å². The molecule has 1 aliphatic rings. The van der Waals surface area contributed by atoms with E-state index in [0.717, 1.165) is 65.2 Å². The minimum Gasteiger partial charge on any atom is -0.481 e. The number of anilines is 3. The van der Waals surface area contributed by atoms with Crippen LogP contribution in [0.2, 0.25) is 0 Å². The summed E-state index contributed by atoms with van der Waals surface area (Å²) in [6.07, 6.45) is 6.51. The number of hydrogen-bond donors (Lipinski definition) is 3. The fourth-order valence-corrected chi connectivity index (χ4v) is 6.62. The number of benzene rings is 4. The Morgan fingerprint density at radius 1 is 0.729 bits per heavy atom. The average Bonchev–Trinajstić information content (AvgIpc) is 3.11. The van der Waals surface area contributed by atoms with Crippen LogP contribution in [-0.4, -0.2) is 45.9 Å². The summed E-state index contributed by atoms with van der Waals surface area (Å²) >= 11 is 1.57. The molecule has 10 heteroatoms. The molecule has 242 valence electrons. The summed E-state index contributed by atoms with van der Waals surface area (Å²) < 4.78 is 0. The van der Waals surface area contributed by atoms with Crippen LogP contribution >= 0.6 is 11.8 Å². The molecule has 1 aromatic heterocycles. The number of thioether (sulfide) groups is 1. The van der Waals surface area contributed by atoms with Crippen LogP contribution in [-0.2, 0) is 17.0 Å². The maximum absolute atomic E-state index is 13.9. The Morgan fingerprint density at radius 2 is 1.46 bits per heavy atom. The van der Waals surface area contributed by atoms with Crippen LogP contribution in [0.15, 0.2) is 114 Å². The molecule has 4 aromatic carbocycles. The van der Waals surface area contributed by atoms with E-state index in [9.17, 15) is 14.4 Å². The van der Waals surface area contributed by atoms with Gasteiger partial charge in [-0.05, 0) is 72.4 Å². The van der Waals surface area contributed by atoms with Crippen LogP contribution in [0.4, 0.5) is 17.3 Å². The molecule has 1 aliphatic heterocycles. The molecule has 0 atom stereocenters. The number of aromatic nitrogens is 2. The molecule has 6 rings (SSSR count). The largest absolute Gasteiger partial charge is 0.481 e. The van der Waals surface area contributed by atoms with E-state index in [-0.39, 0.29) is 18.3 Å². The predicted octanol–water partition coefficient (Wildman–Crippen LogP) is 7.56. The summed E-state index contributed by atoms with van der Waals surface area (Å²) in [7, 11) is 0. The molecule has 5 aromatic rings.